The van der Waals surface area contributed by atoms with Gasteiger partial charge in [0.05, 0.1) is 11.7 Å². The number of nitrogens with one attached hydrogen (secondary N) is 1. The fraction of sp³-hybridized carbons (Fsp3) is 0.650. The van der Waals surface area contributed by atoms with Gasteiger partial charge in [-0.05, 0) is 44.6 Å². The van der Waals surface area contributed by atoms with Gasteiger partial charge in [0.15, 0.2) is 0 Å². The van der Waals surface area contributed by atoms with E-state index in [2.05, 4.69) is 5.32 Å². The minimum atomic E-state index is -3.32. The summed E-state index contributed by atoms with van der Waals surface area (Å²) in [6.45, 7) is 4.62. The Labute approximate surface area is 163 Å². The molecule has 0 spiro atoms. The van der Waals surface area contributed by atoms with Crippen LogP contribution in [0.2, 0.25) is 0 Å². The Morgan fingerprint density at radius 1 is 1.26 bits per heavy atom. The van der Waals surface area contributed by atoms with E-state index in [0.29, 0.717) is 39.3 Å². The van der Waals surface area contributed by atoms with Crippen molar-refractivity contribution in [2.75, 3.05) is 38.6 Å². The first-order valence-corrected chi connectivity index (χ1v) is 11.5. The van der Waals surface area contributed by atoms with Crippen molar-refractivity contribution in [3.05, 3.63) is 35.9 Å². The van der Waals surface area contributed by atoms with E-state index < -0.39 is 10.0 Å². The maximum atomic E-state index is 12.7. The number of hydrogen-bond donors (Lipinski definition) is 1. The normalized spacial score (nSPS) is 18.3. The summed E-state index contributed by atoms with van der Waals surface area (Å²) in [5.74, 6) is -0.171. The maximum absolute atomic E-state index is 12.7. The summed E-state index contributed by atoms with van der Waals surface area (Å²) in [6.07, 6.45) is 3.59. The van der Waals surface area contributed by atoms with Gasteiger partial charge >= 0.3 is 0 Å². The minimum Gasteiger partial charge on any atom is -0.382 e. The van der Waals surface area contributed by atoms with Gasteiger partial charge in [0.25, 0.3) is 0 Å². The number of sulfonamides is 1. The number of carbonyl (C=O) groups is 1. The molecule has 1 aliphatic rings. The molecule has 0 aliphatic carbocycles. The lowest BCUT2D eigenvalue weighted by molar-refractivity contribution is -0.126. The third kappa shape index (κ3) is 7.60. The van der Waals surface area contributed by atoms with Crippen LogP contribution in [0.25, 0.3) is 0 Å². The van der Waals surface area contributed by atoms with E-state index in [0.717, 1.165) is 31.2 Å². The second-order valence-electron chi connectivity index (χ2n) is 6.94. The van der Waals surface area contributed by atoms with Crippen LogP contribution in [0.1, 0.15) is 38.2 Å². The standard InChI is InChI=1S/C20H32N2O4S/c1-2-26-15-8-13-21-20(23)19-12-6-14-22(17-19)27(24,25)16-7-11-18-9-4-3-5-10-18/h3-5,9-10,19H,2,6-8,11-17H2,1H3,(H,21,23)/t19-/m1/s1. The van der Waals surface area contributed by atoms with E-state index in [-0.39, 0.29) is 17.6 Å². The molecule has 6 nitrogen and oxygen atoms in total. The molecule has 1 amide bonds. The van der Waals surface area contributed by atoms with Crippen molar-refractivity contribution in [1.29, 1.82) is 0 Å². The number of ether oxygens (including phenoxy) is 1. The number of rotatable bonds is 11. The Hall–Kier alpha value is -1.44. The number of amides is 1. The molecule has 1 saturated heterocycles. The molecule has 1 aromatic rings. The summed E-state index contributed by atoms with van der Waals surface area (Å²) in [5.41, 5.74) is 1.15. The van der Waals surface area contributed by atoms with E-state index in [1.165, 1.54) is 4.31 Å². The molecule has 1 heterocycles. The fourth-order valence-electron chi connectivity index (χ4n) is 3.32. The molecular weight excluding hydrogens is 364 g/mol. The fourth-order valence-corrected chi connectivity index (χ4v) is 4.90. The van der Waals surface area contributed by atoms with Crippen LogP contribution in [0.5, 0.6) is 0 Å². The van der Waals surface area contributed by atoms with Crippen LogP contribution in [0.4, 0.5) is 0 Å². The largest absolute Gasteiger partial charge is 0.382 e. The molecule has 0 unspecified atom stereocenters. The molecule has 0 aromatic heterocycles. The van der Waals surface area contributed by atoms with Crippen LogP contribution < -0.4 is 5.32 Å². The third-order valence-corrected chi connectivity index (χ3v) is 6.75. The lowest BCUT2D eigenvalue weighted by Gasteiger charge is -2.31. The van der Waals surface area contributed by atoms with Crippen LogP contribution in [-0.4, -0.2) is 57.2 Å². The van der Waals surface area contributed by atoms with Crippen LogP contribution in [-0.2, 0) is 26.0 Å². The first-order valence-electron chi connectivity index (χ1n) is 9.90. The Bertz CT molecular complexity index is 664. The molecule has 152 valence electrons. The number of hydrogen-bond acceptors (Lipinski definition) is 4. The zero-order chi connectivity index (χ0) is 19.5. The number of nitrogens with zero attached hydrogens (tertiary/aromatic N) is 1. The molecule has 0 bridgehead atoms. The molecule has 7 heteroatoms. The highest BCUT2D eigenvalue weighted by molar-refractivity contribution is 7.89. The summed E-state index contributed by atoms with van der Waals surface area (Å²) in [6, 6.07) is 9.91. The molecule has 1 aromatic carbocycles. The zero-order valence-electron chi connectivity index (χ0n) is 16.2. The highest BCUT2D eigenvalue weighted by atomic mass is 32.2. The predicted molar refractivity (Wildman–Crippen MR) is 107 cm³/mol. The predicted octanol–water partition coefficient (Wildman–Crippen LogP) is 2.20. The Balaban J connectivity index is 1.76. The highest BCUT2D eigenvalue weighted by Crippen LogP contribution is 2.20. The molecule has 2 rings (SSSR count). The van der Waals surface area contributed by atoms with E-state index in [1.807, 2.05) is 37.3 Å². The molecular formula is C20H32N2O4S. The van der Waals surface area contributed by atoms with Crippen molar-refractivity contribution in [1.82, 2.24) is 9.62 Å². The van der Waals surface area contributed by atoms with Crippen LogP contribution in [0.15, 0.2) is 30.3 Å². The first-order chi connectivity index (χ1) is 13.0. The monoisotopic (exact) mass is 396 g/mol. The van der Waals surface area contributed by atoms with Gasteiger partial charge in [0.1, 0.15) is 0 Å². The summed E-state index contributed by atoms with van der Waals surface area (Å²) < 4.78 is 32.1. The number of carbonyl (C=O) groups excluding carboxylic acids is 1. The van der Waals surface area contributed by atoms with Crippen LogP contribution >= 0.6 is 0 Å². The molecule has 0 radical (unpaired) electrons. The van der Waals surface area contributed by atoms with Gasteiger partial charge in [-0.2, -0.15) is 0 Å². The van der Waals surface area contributed by atoms with Gasteiger partial charge in [0, 0.05) is 32.8 Å². The molecule has 1 aliphatic heterocycles. The summed E-state index contributed by atoms with van der Waals surface area (Å²) in [7, 11) is -3.32. The average molecular weight is 397 g/mol. The summed E-state index contributed by atoms with van der Waals surface area (Å²) in [4.78, 5) is 12.3. The lowest BCUT2D eigenvalue weighted by atomic mass is 9.99. The Kier molecular flexibility index (Phi) is 9.24. The van der Waals surface area contributed by atoms with E-state index in [1.54, 1.807) is 0 Å². The zero-order valence-corrected chi connectivity index (χ0v) is 17.0. The molecule has 27 heavy (non-hydrogen) atoms. The van der Waals surface area contributed by atoms with E-state index >= 15 is 0 Å². The van der Waals surface area contributed by atoms with Gasteiger partial charge in [0.2, 0.25) is 15.9 Å². The van der Waals surface area contributed by atoms with Crippen molar-refractivity contribution in [2.24, 2.45) is 5.92 Å². The number of piperidine rings is 1. The lowest BCUT2D eigenvalue weighted by Crippen LogP contribution is -2.46. The second-order valence-corrected chi connectivity index (χ2v) is 9.03. The van der Waals surface area contributed by atoms with Gasteiger partial charge in [-0.15, -0.1) is 0 Å². The van der Waals surface area contributed by atoms with Crippen molar-refractivity contribution >= 4 is 15.9 Å². The number of benzene rings is 1. The van der Waals surface area contributed by atoms with Gasteiger partial charge in [-0.3, -0.25) is 4.79 Å². The third-order valence-electron chi connectivity index (χ3n) is 4.83. The molecule has 1 atom stereocenters. The molecule has 1 fully saturated rings. The Morgan fingerprint density at radius 3 is 2.78 bits per heavy atom. The summed E-state index contributed by atoms with van der Waals surface area (Å²) in [5, 5.41) is 2.91. The van der Waals surface area contributed by atoms with Crippen molar-refractivity contribution in [3.63, 3.8) is 0 Å². The Morgan fingerprint density at radius 2 is 2.04 bits per heavy atom. The maximum Gasteiger partial charge on any atom is 0.224 e. The van der Waals surface area contributed by atoms with Crippen LogP contribution in [0, 0.1) is 5.92 Å². The van der Waals surface area contributed by atoms with Gasteiger partial charge < -0.3 is 10.1 Å². The van der Waals surface area contributed by atoms with E-state index in [9.17, 15) is 13.2 Å². The van der Waals surface area contributed by atoms with Crippen molar-refractivity contribution in [2.45, 2.75) is 39.0 Å². The van der Waals surface area contributed by atoms with Crippen molar-refractivity contribution in [3.8, 4) is 0 Å². The topological polar surface area (TPSA) is 75.7 Å². The highest BCUT2D eigenvalue weighted by Gasteiger charge is 2.31. The molecule has 1 N–H and O–H groups in total. The quantitative estimate of drug-likeness (QED) is 0.582. The smallest absolute Gasteiger partial charge is 0.224 e. The van der Waals surface area contributed by atoms with E-state index in [4.69, 9.17) is 4.74 Å². The van der Waals surface area contributed by atoms with Gasteiger partial charge in [-0.25, -0.2) is 12.7 Å². The first kappa shape index (κ1) is 21.9. The average Bonchev–Trinajstić information content (AvgIpc) is 2.68. The minimum absolute atomic E-state index is 0.0457. The SMILES string of the molecule is CCOCCCNC(=O)[C@@H]1CCCN(S(=O)(=O)CCCc2ccccc2)C1. The van der Waals surface area contributed by atoms with Gasteiger partial charge in [-0.1, -0.05) is 30.3 Å². The van der Waals surface area contributed by atoms with Crippen molar-refractivity contribution < 1.29 is 17.9 Å². The van der Waals surface area contributed by atoms with Crippen LogP contribution in [0.3, 0.4) is 0 Å². The second kappa shape index (κ2) is 11.4. The molecule has 0 saturated carbocycles. The number of aryl methyl sites for hydroxylation is 1. The summed E-state index contributed by atoms with van der Waals surface area (Å²) >= 11 is 0.